The molecule has 1 rings (SSSR count). The Labute approximate surface area is 86.9 Å². The van der Waals surface area contributed by atoms with Crippen molar-refractivity contribution in [2.45, 2.75) is 46.1 Å². The van der Waals surface area contributed by atoms with E-state index in [0.717, 1.165) is 13.0 Å². The third-order valence-corrected chi connectivity index (χ3v) is 3.38. The summed E-state index contributed by atoms with van der Waals surface area (Å²) in [5.41, 5.74) is 0.268. The highest BCUT2D eigenvalue weighted by Crippen LogP contribution is 2.37. The maximum absolute atomic E-state index is 11.6. The molecule has 0 heterocycles. The maximum Gasteiger partial charge on any atom is 0.317 e. The second kappa shape index (κ2) is 4.20. The predicted octanol–water partition coefficient (Wildman–Crippen LogP) is 2.23. The molecule has 3 heteroatoms. The van der Waals surface area contributed by atoms with Gasteiger partial charge in [-0.25, -0.2) is 4.79 Å². The summed E-state index contributed by atoms with van der Waals surface area (Å²) < 4.78 is 0. The summed E-state index contributed by atoms with van der Waals surface area (Å²) in [5.74, 6) is 0. The molecule has 0 spiro atoms. The molecule has 0 aliphatic heterocycles. The molecule has 0 aromatic rings. The number of hydrogen-bond donors (Lipinski definition) is 1. The summed E-state index contributed by atoms with van der Waals surface area (Å²) in [6.45, 7) is 7.21. The first kappa shape index (κ1) is 11.3. The Balaban J connectivity index is 2.48. The minimum Gasteiger partial charge on any atom is -0.335 e. The van der Waals surface area contributed by atoms with Crippen LogP contribution in [0.25, 0.3) is 0 Å². The molecule has 0 aromatic heterocycles. The largest absolute Gasteiger partial charge is 0.335 e. The lowest BCUT2D eigenvalue weighted by Gasteiger charge is -2.29. The van der Waals surface area contributed by atoms with Crippen molar-refractivity contribution >= 4 is 6.03 Å². The number of carbonyl (C=O) groups is 1. The van der Waals surface area contributed by atoms with Crippen molar-refractivity contribution in [3.8, 4) is 0 Å². The van der Waals surface area contributed by atoms with Gasteiger partial charge in [0.1, 0.15) is 0 Å². The molecule has 1 aliphatic carbocycles. The van der Waals surface area contributed by atoms with E-state index in [4.69, 9.17) is 0 Å². The van der Waals surface area contributed by atoms with Gasteiger partial charge >= 0.3 is 6.03 Å². The molecule has 1 fully saturated rings. The Morgan fingerprint density at radius 3 is 2.64 bits per heavy atom. The van der Waals surface area contributed by atoms with Crippen LogP contribution in [0, 0.1) is 5.41 Å². The van der Waals surface area contributed by atoms with Crippen molar-refractivity contribution in [2.75, 3.05) is 13.6 Å². The third-order valence-electron chi connectivity index (χ3n) is 3.38. The van der Waals surface area contributed by atoms with Crippen LogP contribution in [0.3, 0.4) is 0 Å². The number of amides is 2. The Morgan fingerprint density at radius 1 is 1.57 bits per heavy atom. The minimum absolute atomic E-state index is 0.0625. The van der Waals surface area contributed by atoms with E-state index in [9.17, 15) is 4.79 Å². The van der Waals surface area contributed by atoms with Crippen molar-refractivity contribution in [2.24, 2.45) is 5.41 Å². The number of hydrogen-bond acceptors (Lipinski definition) is 1. The summed E-state index contributed by atoms with van der Waals surface area (Å²) in [6, 6.07) is 0.413. The quantitative estimate of drug-likeness (QED) is 0.725. The number of carbonyl (C=O) groups excluding carboxylic acids is 1. The standard InChI is InChI=1S/C11H22N2O/c1-5-13(4)10(14)12-9-7-6-8-11(9,2)3/h9H,5-8H2,1-4H3,(H,12,14). The van der Waals surface area contributed by atoms with Gasteiger partial charge in [-0.2, -0.15) is 0 Å². The molecule has 82 valence electrons. The van der Waals surface area contributed by atoms with Crippen molar-refractivity contribution in [3.05, 3.63) is 0 Å². The van der Waals surface area contributed by atoms with Crippen LogP contribution in [0.5, 0.6) is 0 Å². The molecule has 1 saturated carbocycles. The molecule has 3 nitrogen and oxygen atoms in total. The molecular formula is C11H22N2O. The normalized spacial score (nSPS) is 24.7. The van der Waals surface area contributed by atoms with Gasteiger partial charge in [0.2, 0.25) is 0 Å². The maximum atomic E-state index is 11.6. The second-order valence-electron chi connectivity index (χ2n) is 4.90. The van der Waals surface area contributed by atoms with Gasteiger partial charge in [0.25, 0.3) is 0 Å². The van der Waals surface area contributed by atoms with Crippen molar-refractivity contribution in [3.63, 3.8) is 0 Å². The van der Waals surface area contributed by atoms with Crippen LogP contribution in [-0.2, 0) is 0 Å². The first-order valence-electron chi connectivity index (χ1n) is 5.49. The number of nitrogens with one attached hydrogen (secondary N) is 1. The number of nitrogens with zero attached hydrogens (tertiary/aromatic N) is 1. The second-order valence-corrected chi connectivity index (χ2v) is 4.90. The highest BCUT2D eigenvalue weighted by atomic mass is 16.2. The Bertz CT molecular complexity index is 213. The lowest BCUT2D eigenvalue weighted by molar-refractivity contribution is 0.194. The van der Waals surface area contributed by atoms with E-state index in [1.807, 2.05) is 14.0 Å². The smallest absolute Gasteiger partial charge is 0.317 e. The lowest BCUT2D eigenvalue weighted by atomic mass is 9.87. The topological polar surface area (TPSA) is 32.3 Å². The first-order valence-corrected chi connectivity index (χ1v) is 5.49. The Morgan fingerprint density at radius 2 is 2.21 bits per heavy atom. The Hall–Kier alpha value is -0.730. The molecule has 0 radical (unpaired) electrons. The Kier molecular flexibility index (Phi) is 3.40. The van der Waals surface area contributed by atoms with Gasteiger partial charge in [0.05, 0.1) is 0 Å². The third kappa shape index (κ3) is 2.40. The summed E-state index contributed by atoms with van der Waals surface area (Å²) in [5, 5.41) is 3.11. The molecule has 2 amide bonds. The zero-order chi connectivity index (χ0) is 10.8. The van der Waals surface area contributed by atoms with Gasteiger partial charge in [-0.1, -0.05) is 20.3 Å². The van der Waals surface area contributed by atoms with E-state index in [1.54, 1.807) is 4.90 Å². The molecule has 0 bridgehead atoms. The molecule has 0 aromatic carbocycles. The fourth-order valence-corrected chi connectivity index (χ4v) is 2.00. The van der Waals surface area contributed by atoms with Gasteiger partial charge in [-0.05, 0) is 25.2 Å². The van der Waals surface area contributed by atoms with E-state index in [0.29, 0.717) is 6.04 Å². The van der Waals surface area contributed by atoms with Crippen molar-refractivity contribution < 1.29 is 4.79 Å². The van der Waals surface area contributed by atoms with Crippen LogP contribution < -0.4 is 5.32 Å². The van der Waals surface area contributed by atoms with Crippen LogP contribution in [-0.4, -0.2) is 30.6 Å². The van der Waals surface area contributed by atoms with Crippen LogP contribution in [0.1, 0.15) is 40.0 Å². The van der Waals surface area contributed by atoms with Crippen LogP contribution in [0.15, 0.2) is 0 Å². The average Bonchev–Trinajstić information content (AvgIpc) is 2.44. The molecule has 1 atom stereocenters. The number of urea groups is 1. The highest BCUT2D eigenvalue weighted by Gasteiger charge is 2.35. The molecule has 1 N–H and O–H groups in total. The molecular weight excluding hydrogens is 176 g/mol. The van der Waals surface area contributed by atoms with Crippen molar-refractivity contribution in [1.82, 2.24) is 10.2 Å². The summed E-state index contributed by atoms with van der Waals surface area (Å²) in [6.07, 6.45) is 3.57. The van der Waals surface area contributed by atoms with E-state index in [2.05, 4.69) is 19.2 Å². The average molecular weight is 198 g/mol. The van der Waals surface area contributed by atoms with E-state index in [1.165, 1.54) is 12.8 Å². The van der Waals surface area contributed by atoms with Gasteiger partial charge in [0.15, 0.2) is 0 Å². The van der Waals surface area contributed by atoms with E-state index in [-0.39, 0.29) is 11.4 Å². The molecule has 14 heavy (non-hydrogen) atoms. The molecule has 1 aliphatic rings. The lowest BCUT2D eigenvalue weighted by Crippen LogP contribution is -2.46. The molecule has 1 unspecified atom stereocenters. The van der Waals surface area contributed by atoms with Gasteiger partial charge in [-0.3, -0.25) is 0 Å². The fraction of sp³-hybridized carbons (Fsp3) is 0.909. The summed E-state index contributed by atoms with van der Waals surface area (Å²) >= 11 is 0. The van der Waals surface area contributed by atoms with Crippen LogP contribution in [0.2, 0.25) is 0 Å². The van der Waals surface area contributed by atoms with Gasteiger partial charge < -0.3 is 10.2 Å². The fourth-order valence-electron chi connectivity index (χ4n) is 2.00. The zero-order valence-electron chi connectivity index (χ0n) is 9.76. The van der Waals surface area contributed by atoms with Crippen LogP contribution >= 0.6 is 0 Å². The van der Waals surface area contributed by atoms with E-state index < -0.39 is 0 Å². The van der Waals surface area contributed by atoms with Gasteiger partial charge in [-0.15, -0.1) is 0 Å². The first-order chi connectivity index (χ1) is 6.47. The number of rotatable bonds is 2. The monoisotopic (exact) mass is 198 g/mol. The van der Waals surface area contributed by atoms with Crippen LogP contribution in [0.4, 0.5) is 4.79 Å². The van der Waals surface area contributed by atoms with Crippen molar-refractivity contribution in [1.29, 1.82) is 0 Å². The molecule has 0 saturated heterocycles. The summed E-state index contributed by atoms with van der Waals surface area (Å²) in [7, 11) is 1.83. The SMILES string of the molecule is CCN(C)C(=O)NC1CCCC1(C)C. The minimum atomic E-state index is 0.0625. The highest BCUT2D eigenvalue weighted by molar-refractivity contribution is 5.74. The van der Waals surface area contributed by atoms with Gasteiger partial charge in [0, 0.05) is 19.6 Å². The summed E-state index contributed by atoms with van der Waals surface area (Å²) in [4.78, 5) is 13.3. The zero-order valence-corrected chi connectivity index (χ0v) is 9.76. The predicted molar refractivity (Wildman–Crippen MR) is 58.3 cm³/mol. The van der Waals surface area contributed by atoms with E-state index >= 15 is 0 Å².